The molecule has 0 N–H and O–H groups in total. The Hall–Kier alpha value is -0.520. The molecule has 0 nitrogen and oxygen atoms in total. The fraction of sp³-hybridized carbons (Fsp3) is 0.600. The van der Waals surface area contributed by atoms with Crippen LogP contribution in [0.3, 0.4) is 0 Å². The van der Waals surface area contributed by atoms with Crippen molar-refractivity contribution in [2.75, 3.05) is 0 Å². The summed E-state index contributed by atoms with van der Waals surface area (Å²) in [5.41, 5.74) is 1.59. The largest absolute Gasteiger partial charge is 0.0843 e. The van der Waals surface area contributed by atoms with Crippen LogP contribution < -0.4 is 0 Å². The minimum Gasteiger partial charge on any atom is -0.0843 e. The first kappa shape index (κ1) is 6.21. The molecule has 0 saturated heterocycles. The molecule has 0 fully saturated rings. The van der Waals surface area contributed by atoms with Gasteiger partial charge in [0, 0.05) is 0 Å². The van der Waals surface area contributed by atoms with E-state index in [1.165, 1.54) is 32.1 Å². The molecule has 1 atom stereocenters. The van der Waals surface area contributed by atoms with Gasteiger partial charge in [-0.3, -0.25) is 0 Å². The maximum atomic E-state index is 2.48. The van der Waals surface area contributed by atoms with Crippen molar-refractivity contribution in [3.8, 4) is 0 Å². The lowest BCUT2D eigenvalue weighted by Gasteiger charge is -2.16. The molecule has 0 aliphatic heterocycles. The average Bonchev–Trinajstić information content (AvgIpc) is 2.12. The summed E-state index contributed by atoms with van der Waals surface area (Å²) in [6, 6.07) is 0. The number of hydrogen-bond acceptors (Lipinski definition) is 0. The van der Waals surface area contributed by atoms with E-state index in [0.29, 0.717) is 0 Å². The second-order valence-electron chi connectivity index (χ2n) is 3.37. The van der Waals surface area contributed by atoms with Gasteiger partial charge in [0.1, 0.15) is 0 Å². The Morgan fingerprint density at radius 1 is 1.30 bits per heavy atom. The molecule has 2 aliphatic rings. The van der Waals surface area contributed by atoms with Crippen molar-refractivity contribution < 1.29 is 0 Å². The second kappa shape index (κ2) is 2.61. The van der Waals surface area contributed by atoms with Crippen molar-refractivity contribution in [1.82, 2.24) is 0 Å². The Bertz CT molecular complexity index is 174. The normalized spacial score (nSPS) is 31.2. The van der Waals surface area contributed by atoms with Crippen LogP contribution in [0, 0.1) is 5.92 Å². The Morgan fingerprint density at radius 3 is 3.30 bits per heavy atom. The maximum Gasteiger partial charge on any atom is -0.0225 e. The molecule has 0 aromatic rings. The van der Waals surface area contributed by atoms with E-state index in [4.69, 9.17) is 0 Å². The van der Waals surface area contributed by atoms with E-state index >= 15 is 0 Å². The zero-order valence-electron chi connectivity index (χ0n) is 6.34. The van der Waals surface area contributed by atoms with E-state index in [1.54, 1.807) is 5.57 Å². The Balaban J connectivity index is 2.20. The van der Waals surface area contributed by atoms with Crippen LogP contribution in [-0.2, 0) is 0 Å². The van der Waals surface area contributed by atoms with Gasteiger partial charge in [0.15, 0.2) is 0 Å². The van der Waals surface area contributed by atoms with Crippen molar-refractivity contribution in [3.05, 3.63) is 23.8 Å². The quantitative estimate of drug-likeness (QED) is 0.477. The number of fused-ring (bicyclic) bond motifs is 1. The summed E-state index contributed by atoms with van der Waals surface area (Å²) in [4.78, 5) is 0. The summed E-state index contributed by atoms with van der Waals surface area (Å²) in [5, 5.41) is 0. The van der Waals surface area contributed by atoms with Crippen LogP contribution in [-0.4, -0.2) is 0 Å². The molecule has 0 heteroatoms. The first-order chi connectivity index (χ1) is 4.95. The standard InChI is InChI=1S/C10H14/c1-2-5-10-7-3-6-9(4-1)8-10/h1,4,8,10H,2-3,5-7H2. The van der Waals surface area contributed by atoms with E-state index in [2.05, 4.69) is 18.2 Å². The van der Waals surface area contributed by atoms with Gasteiger partial charge in [-0.25, -0.2) is 0 Å². The molecule has 0 aromatic carbocycles. The average molecular weight is 134 g/mol. The van der Waals surface area contributed by atoms with E-state index in [-0.39, 0.29) is 0 Å². The van der Waals surface area contributed by atoms with Gasteiger partial charge < -0.3 is 0 Å². The van der Waals surface area contributed by atoms with E-state index in [0.717, 1.165) is 5.92 Å². The van der Waals surface area contributed by atoms with Crippen LogP contribution in [0.2, 0.25) is 0 Å². The zero-order chi connectivity index (χ0) is 6.81. The predicted octanol–water partition coefficient (Wildman–Crippen LogP) is 3.06. The monoisotopic (exact) mass is 134 g/mol. The van der Waals surface area contributed by atoms with Crippen LogP contribution in [0.25, 0.3) is 0 Å². The van der Waals surface area contributed by atoms with Gasteiger partial charge in [0.25, 0.3) is 0 Å². The number of hydrogen-bond donors (Lipinski definition) is 0. The van der Waals surface area contributed by atoms with Crippen LogP contribution in [0.15, 0.2) is 23.8 Å². The van der Waals surface area contributed by atoms with Gasteiger partial charge in [-0.2, -0.15) is 0 Å². The Morgan fingerprint density at radius 2 is 2.30 bits per heavy atom. The summed E-state index contributed by atoms with van der Waals surface area (Å²) in [7, 11) is 0. The van der Waals surface area contributed by atoms with Gasteiger partial charge in [-0.05, 0) is 38.0 Å². The third-order valence-electron chi connectivity index (χ3n) is 2.53. The lowest BCUT2D eigenvalue weighted by molar-refractivity contribution is 0.508. The molecule has 0 aromatic heterocycles. The van der Waals surface area contributed by atoms with E-state index in [9.17, 15) is 0 Å². The lowest BCUT2D eigenvalue weighted by atomic mass is 9.90. The maximum absolute atomic E-state index is 2.48. The highest BCUT2D eigenvalue weighted by molar-refractivity contribution is 5.23. The molecule has 0 amide bonds. The molecular formula is C10H14. The predicted molar refractivity (Wildman–Crippen MR) is 43.8 cm³/mol. The van der Waals surface area contributed by atoms with Crippen LogP contribution in [0.4, 0.5) is 0 Å². The number of allylic oxidation sites excluding steroid dienone is 4. The van der Waals surface area contributed by atoms with Crippen LogP contribution in [0.5, 0.6) is 0 Å². The van der Waals surface area contributed by atoms with Crippen molar-refractivity contribution in [2.45, 2.75) is 32.1 Å². The zero-order valence-corrected chi connectivity index (χ0v) is 6.34. The molecule has 0 saturated carbocycles. The minimum absolute atomic E-state index is 0.916. The molecule has 0 heterocycles. The van der Waals surface area contributed by atoms with Gasteiger partial charge in [-0.15, -0.1) is 0 Å². The smallest absolute Gasteiger partial charge is 0.0225 e. The molecular weight excluding hydrogens is 120 g/mol. The molecule has 1 unspecified atom stereocenters. The molecule has 2 aliphatic carbocycles. The van der Waals surface area contributed by atoms with E-state index in [1.807, 2.05) is 0 Å². The highest BCUT2D eigenvalue weighted by Gasteiger charge is 2.12. The first-order valence-electron chi connectivity index (χ1n) is 4.32. The highest BCUT2D eigenvalue weighted by Crippen LogP contribution is 2.29. The molecule has 2 bridgehead atoms. The van der Waals surface area contributed by atoms with E-state index < -0.39 is 0 Å². The fourth-order valence-electron chi connectivity index (χ4n) is 1.95. The molecule has 54 valence electrons. The van der Waals surface area contributed by atoms with Gasteiger partial charge in [0.05, 0.1) is 0 Å². The SMILES string of the molecule is C1=CC2=CC(CC1)CCC2. The highest BCUT2D eigenvalue weighted by atomic mass is 14.2. The van der Waals surface area contributed by atoms with Crippen molar-refractivity contribution in [3.63, 3.8) is 0 Å². The Labute approximate surface area is 62.6 Å². The van der Waals surface area contributed by atoms with Gasteiger partial charge >= 0.3 is 0 Å². The summed E-state index contributed by atoms with van der Waals surface area (Å²) >= 11 is 0. The van der Waals surface area contributed by atoms with Gasteiger partial charge in [0.2, 0.25) is 0 Å². The third kappa shape index (κ3) is 1.16. The lowest BCUT2D eigenvalue weighted by Crippen LogP contribution is -2.01. The second-order valence-corrected chi connectivity index (χ2v) is 3.37. The molecule has 0 spiro atoms. The summed E-state index contributed by atoms with van der Waals surface area (Å²) in [6.07, 6.45) is 14.0. The third-order valence-corrected chi connectivity index (χ3v) is 2.53. The molecule has 2 rings (SSSR count). The van der Waals surface area contributed by atoms with Crippen molar-refractivity contribution in [1.29, 1.82) is 0 Å². The first-order valence-corrected chi connectivity index (χ1v) is 4.32. The van der Waals surface area contributed by atoms with Crippen molar-refractivity contribution >= 4 is 0 Å². The van der Waals surface area contributed by atoms with Crippen molar-refractivity contribution in [2.24, 2.45) is 5.92 Å². The number of rotatable bonds is 0. The fourth-order valence-corrected chi connectivity index (χ4v) is 1.95. The topological polar surface area (TPSA) is 0 Å². The van der Waals surface area contributed by atoms with Crippen LogP contribution in [0.1, 0.15) is 32.1 Å². The Kier molecular flexibility index (Phi) is 1.62. The molecule has 10 heavy (non-hydrogen) atoms. The van der Waals surface area contributed by atoms with Crippen LogP contribution >= 0.6 is 0 Å². The summed E-state index contributed by atoms with van der Waals surface area (Å²) in [5.74, 6) is 0.916. The van der Waals surface area contributed by atoms with Gasteiger partial charge in [-0.1, -0.05) is 23.8 Å². The summed E-state index contributed by atoms with van der Waals surface area (Å²) in [6.45, 7) is 0. The molecule has 0 radical (unpaired) electrons. The summed E-state index contributed by atoms with van der Waals surface area (Å²) < 4.78 is 0. The minimum atomic E-state index is 0.916.